The molecule has 1 heterocycles. The Morgan fingerprint density at radius 3 is 2.43 bits per heavy atom. The molecule has 116 valence electrons. The maximum Gasteiger partial charge on any atom is 0.409 e. The Labute approximate surface area is 147 Å². The summed E-state index contributed by atoms with van der Waals surface area (Å²) in [6.07, 6.45) is 1.97. The molecule has 0 aliphatic carbocycles. The third kappa shape index (κ3) is 4.46. The molecule has 0 bridgehead atoms. The van der Waals surface area contributed by atoms with Gasteiger partial charge in [-0.15, -0.1) is 0 Å². The lowest BCUT2D eigenvalue weighted by Crippen LogP contribution is -2.23. The lowest BCUT2D eigenvalue weighted by Gasteiger charge is -2.05. The molecule has 23 heavy (non-hydrogen) atoms. The van der Waals surface area contributed by atoms with Crippen LogP contribution < -0.4 is 9.88 Å². The summed E-state index contributed by atoms with van der Waals surface area (Å²) in [4.78, 5) is 0. The van der Waals surface area contributed by atoms with E-state index in [9.17, 15) is 0 Å². The number of hydrogen-bond acceptors (Lipinski definition) is 4. The summed E-state index contributed by atoms with van der Waals surface area (Å²) in [5, 5.41) is 12.8. The van der Waals surface area contributed by atoms with Crippen LogP contribution in [0.5, 0.6) is 0 Å². The molecule has 0 radical (unpaired) electrons. The number of nitrogens with zero attached hydrogens (tertiary/aromatic N) is 3. The standard InChI is InChI=1S/C17H15BrN4S/c1-22-12-16(18)23-17(22)21-20-15-9-7-14(8-10-15)19-11-13-5-3-2-4-6-13/h2-10,12H,11H2,1H3/p+1. The third-order valence-electron chi connectivity index (χ3n) is 3.24. The van der Waals surface area contributed by atoms with Crippen molar-refractivity contribution in [1.29, 1.82) is 0 Å². The molecule has 0 amide bonds. The van der Waals surface area contributed by atoms with Gasteiger partial charge in [0, 0.05) is 12.2 Å². The molecule has 0 aliphatic heterocycles. The average molecular weight is 388 g/mol. The first-order valence-corrected chi connectivity index (χ1v) is 8.76. The van der Waals surface area contributed by atoms with Crippen molar-refractivity contribution in [3.8, 4) is 0 Å². The average Bonchev–Trinajstić information content (AvgIpc) is 2.90. The second kappa shape index (κ2) is 7.48. The molecule has 0 spiro atoms. The molecular weight excluding hydrogens is 372 g/mol. The van der Waals surface area contributed by atoms with E-state index in [1.165, 1.54) is 5.56 Å². The van der Waals surface area contributed by atoms with Gasteiger partial charge in [0.2, 0.25) is 0 Å². The van der Waals surface area contributed by atoms with Crippen LogP contribution in [0.2, 0.25) is 0 Å². The van der Waals surface area contributed by atoms with Crippen LogP contribution in [0.15, 0.2) is 74.8 Å². The first-order chi connectivity index (χ1) is 11.2. The van der Waals surface area contributed by atoms with Gasteiger partial charge in [0.25, 0.3) is 0 Å². The molecule has 3 aromatic rings. The van der Waals surface area contributed by atoms with E-state index >= 15 is 0 Å². The van der Waals surface area contributed by atoms with Gasteiger partial charge in [0.05, 0.1) is 12.2 Å². The Hall–Kier alpha value is -2.05. The highest BCUT2D eigenvalue weighted by Gasteiger charge is 2.11. The summed E-state index contributed by atoms with van der Waals surface area (Å²) in [5.74, 6) is 0. The zero-order chi connectivity index (χ0) is 16.1. The van der Waals surface area contributed by atoms with E-state index in [2.05, 4.69) is 43.6 Å². The van der Waals surface area contributed by atoms with Crippen molar-refractivity contribution in [2.75, 3.05) is 5.32 Å². The smallest absolute Gasteiger partial charge is 0.381 e. The van der Waals surface area contributed by atoms with E-state index in [0.29, 0.717) is 0 Å². The van der Waals surface area contributed by atoms with Crippen LogP contribution in [0.25, 0.3) is 0 Å². The van der Waals surface area contributed by atoms with Crippen molar-refractivity contribution in [3.05, 3.63) is 70.1 Å². The molecular formula is C17H16BrN4S+. The Kier molecular flexibility index (Phi) is 5.15. The number of azo groups is 1. The van der Waals surface area contributed by atoms with Crippen molar-refractivity contribution < 1.29 is 4.57 Å². The quantitative estimate of drug-likeness (QED) is 0.464. The molecule has 6 heteroatoms. The molecule has 0 saturated heterocycles. The van der Waals surface area contributed by atoms with Crippen LogP contribution in [-0.4, -0.2) is 0 Å². The number of rotatable bonds is 5. The maximum atomic E-state index is 4.28. The van der Waals surface area contributed by atoms with Gasteiger partial charge in [0.1, 0.15) is 15.7 Å². The number of hydrogen-bond donors (Lipinski definition) is 1. The number of benzene rings is 2. The van der Waals surface area contributed by atoms with Gasteiger partial charge >= 0.3 is 5.13 Å². The highest BCUT2D eigenvalue weighted by atomic mass is 79.9. The van der Waals surface area contributed by atoms with E-state index in [4.69, 9.17) is 0 Å². The summed E-state index contributed by atoms with van der Waals surface area (Å²) in [5.41, 5.74) is 3.16. The fraction of sp³-hybridized carbons (Fsp3) is 0.118. The molecule has 1 aromatic heterocycles. The summed E-state index contributed by atoms with van der Waals surface area (Å²) in [6, 6.07) is 18.3. The van der Waals surface area contributed by atoms with Gasteiger partial charge < -0.3 is 5.32 Å². The Bertz CT molecular complexity index is 797. The molecule has 2 aromatic carbocycles. The summed E-state index contributed by atoms with van der Waals surface area (Å²) < 4.78 is 2.98. The van der Waals surface area contributed by atoms with Crippen molar-refractivity contribution in [2.45, 2.75) is 6.54 Å². The summed E-state index contributed by atoms with van der Waals surface area (Å²) in [7, 11) is 1.95. The third-order valence-corrected chi connectivity index (χ3v) is 4.79. The van der Waals surface area contributed by atoms with Crippen LogP contribution >= 0.6 is 27.3 Å². The van der Waals surface area contributed by atoms with Crippen molar-refractivity contribution in [1.82, 2.24) is 0 Å². The fourth-order valence-electron chi connectivity index (χ4n) is 2.03. The lowest BCUT2D eigenvalue weighted by molar-refractivity contribution is -0.654. The second-order valence-corrected chi connectivity index (χ2v) is 7.40. The van der Waals surface area contributed by atoms with Crippen molar-refractivity contribution in [2.24, 2.45) is 17.3 Å². The van der Waals surface area contributed by atoms with E-state index in [1.54, 1.807) is 11.3 Å². The molecule has 0 fully saturated rings. The second-order valence-electron chi connectivity index (χ2n) is 5.01. The Morgan fingerprint density at radius 1 is 1.04 bits per heavy atom. The highest BCUT2D eigenvalue weighted by Crippen LogP contribution is 2.26. The number of halogens is 1. The number of aromatic nitrogens is 1. The van der Waals surface area contributed by atoms with E-state index < -0.39 is 0 Å². The first kappa shape index (κ1) is 15.8. The minimum Gasteiger partial charge on any atom is -0.381 e. The van der Waals surface area contributed by atoms with E-state index in [1.807, 2.05) is 60.3 Å². The molecule has 3 rings (SSSR count). The normalized spacial score (nSPS) is 11.0. The molecule has 0 unspecified atom stereocenters. The van der Waals surface area contributed by atoms with E-state index in [-0.39, 0.29) is 0 Å². The molecule has 0 saturated carbocycles. The minimum atomic E-state index is 0.806. The number of nitrogens with one attached hydrogen (secondary N) is 1. The summed E-state index contributed by atoms with van der Waals surface area (Å²) in [6.45, 7) is 0.806. The van der Waals surface area contributed by atoms with Crippen LogP contribution in [0.1, 0.15) is 5.56 Å². The zero-order valence-corrected chi connectivity index (χ0v) is 15.0. The van der Waals surface area contributed by atoms with Gasteiger partial charge in [-0.1, -0.05) is 30.3 Å². The fourth-order valence-corrected chi connectivity index (χ4v) is 3.44. The van der Waals surface area contributed by atoms with Crippen LogP contribution in [-0.2, 0) is 13.6 Å². The van der Waals surface area contributed by atoms with Gasteiger partial charge in [-0.25, -0.2) is 4.57 Å². The SMILES string of the molecule is C[n+]1cc(Br)sc1N=Nc1ccc(NCc2ccccc2)cc1. The van der Waals surface area contributed by atoms with Gasteiger partial charge in [-0.05, 0) is 62.2 Å². The largest absolute Gasteiger partial charge is 0.409 e. The molecule has 0 atom stereocenters. The van der Waals surface area contributed by atoms with E-state index in [0.717, 1.165) is 26.8 Å². The predicted octanol–water partition coefficient (Wildman–Crippen LogP) is 5.36. The topological polar surface area (TPSA) is 40.6 Å². The Balaban J connectivity index is 1.62. The van der Waals surface area contributed by atoms with Gasteiger partial charge in [-0.2, -0.15) is 0 Å². The van der Waals surface area contributed by atoms with Gasteiger partial charge in [0.15, 0.2) is 0 Å². The molecule has 1 N–H and O–H groups in total. The molecule has 4 nitrogen and oxygen atoms in total. The van der Waals surface area contributed by atoms with Crippen LogP contribution in [0.4, 0.5) is 16.5 Å². The van der Waals surface area contributed by atoms with Crippen LogP contribution in [0, 0.1) is 0 Å². The maximum absolute atomic E-state index is 4.28. The molecule has 0 aliphatic rings. The minimum absolute atomic E-state index is 0.806. The number of thiazole rings is 1. The first-order valence-electron chi connectivity index (χ1n) is 7.15. The summed E-state index contributed by atoms with van der Waals surface area (Å²) >= 11 is 4.99. The zero-order valence-electron chi connectivity index (χ0n) is 12.6. The monoisotopic (exact) mass is 387 g/mol. The van der Waals surface area contributed by atoms with Crippen molar-refractivity contribution >= 4 is 43.8 Å². The lowest BCUT2D eigenvalue weighted by atomic mass is 10.2. The van der Waals surface area contributed by atoms with Gasteiger partial charge in [-0.3, -0.25) is 0 Å². The van der Waals surface area contributed by atoms with Crippen LogP contribution in [0.3, 0.4) is 0 Å². The number of anilines is 1. The highest BCUT2D eigenvalue weighted by molar-refractivity contribution is 9.11. The van der Waals surface area contributed by atoms with Crippen molar-refractivity contribution in [3.63, 3.8) is 0 Å². The number of aryl methyl sites for hydroxylation is 1. The Morgan fingerprint density at radius 2 is 1.78 bits per heavy atom. The predicted molar refractivity (Wildman–Crippen MR) is 97.6 cm³/mol.